The van der Waals surface area contributed by atoms with Crippen LogP contribution in [0.5, 0.6) is 23.0 Å². The summed E-state index contributed by atoms with van der Waals surface area (Å²) < 4.78 is 22.0. The average Bonchev–Trinajstić information content (AvgIpc) is 3.27. The van der Waals surface area contributed by atoms with E-state index in [2.05, 4.69) is 10.3 Å². The first-order chi connectivity index (χ1) is 14.4. The van der Waals surface area contributed by atoms with Gasteiger partial charge in [-0.15, -0.1) is 5.10 Å². The van der Waals surface area contributed by atoms with Crippen molar-refractivity contribution >= 4 is 11.5 Å². The van der Waals surface area contributed by atoms with Gasteiger partial charge in [-0.25, -0.2) is 4.68 Å². The number of hydrogen-bond acceptors (Lipinski definition) is 9. The summed E-state index contributed by atoms with van der Waals surface area (Å²) in [5.74, 6) is 0.656. The molecule has 0 radical (unpaired) electrons. The lowest BCUT2D eigenvalue weighted by Crippen LogP contribution is -2.04. The van der Waals surface area contributed by atoms with Gasteiger partial charge in [-0.1, -0.05) is 5.21 Å². The second-order valence-electron chi connectivity index (χ2n) is 5.90. The number of hydrogen-bond donors (Lipinski definition) is 0. The zero-order chi connectivity index (χ0) is 21.8. The number of carbonyl (C=O) groups is 1. The largest absolute Gasteiger partial charge is 0.493 e. The highest BCUT2D eigenvalue weighted by Crippen LogP contribution is 2.38. The molecule has 1 heterocycles. The summed E-state index contributed by atoms with van der Waals surface area (Å²) in [6, 6.07) is 7.28. The molecule has 2 aromatic carbocycles. The van der Waals surface area contributed by atoms with Gasteiger partial charge < -0.3 is 18.9 Å². The van der Waals surface area contributed by atoms with Crippen molar-refractivity contribution in [1.82, 2.24) is 15.0 Å². The van der Waals surface area contributed by atoms with Crippen molar-refractivity contribution < 1.29 is 28.7 Å². The third kappa shape index (κ3) is 3.72. The summed E-state index contributed by atoms with van der Waals surface area (Å²) in [6.07, 6.45) is 1.37. The van der Waals surface area contributed by atoms with E-state index >= 15 is 0 Å². The predicted molar refractivity (Wildman–Crippen MR) is 104 cm³/mol. The lowest BCUT2D eigenvalue weighted by atomic mass is 10.1. The standard InChI is InChI=1S/C19H18N4O7/c1-27-15-6-5-12(9-14(15)23(25)26)22-10-13(20-21-22)18(24)11-7-16(28-2)19(30-4)17(8-11)29-3/h5-10H,1-4H3. The quantitative estimate of drug-likeness (QED) is 0.310. The molecule has 11 nitrogen and oxygen atoms in total. The number of benzene rings is 2. The fourth-order valence-electron chi connectivity index (χ4n) is 2.82. The van der Waals surface area contributed by atoms with Crippen molar-refractivity contribution in [3.05, 3.63) is 57.9 Å². The molecule has 0 bridgehead atoms. The molecular weight excluding hydrogens is 396 g/mol. The number of methoxy groups -OCH3 is 4. The molecule has 0 saturated heterocycles. The van der Waals surface area contributed by atoms with Gasteiger partial charge in [0, 0.05) is 11.6 Å². The lowest BCUT2D eigenvalue weighted by molar-refractivity contribution is -0.385. The van der Waals surface area contributed by atoms with Gasteiger partial charge >= 0.3 is 5.69 Å². The Hall–Kier alpha value is -4.15. The van der Waals surface area contributed by atoms with Crippen molar-refractivity contribution in [3.63, 3.8) is 0 Å². The molecule has 0 saturated carbocycles. The smallest absolute Gasteiger partial charge is 0.313 e. The molecule has 30 heavy (non-hydrogen) atoms. The minimum absolute atomic E-state index is 0.0303. The highest BCUT2D eigenvalue weighted by atomic mass is 16.6. The third-order valence-corrected chi connectivity index (χ3v) is 4.28. The molecule has 0 aliphatic heterocycles. The number of nitro groups is 1. The summed E-state index contributed by atoms with van der Waals surface area (Å²) in [5, 5.41) is 19.0. The third-order valence-electron chi connectivity index (χ3n) is 4.28. The van der Waals surface area contributed by atoms with Crippen molar-refractivity contribution in [2.45, 2.75) is 0 Å². The van der Waals surface area contributed by atoms with Crippen LogP contribution in [0.2, 0.25) is 0 Å². The monoisotopic (exact) mass is 414 g/mol. The number of aromatic nitrogens is 3. The fourth-order valence-corrected chi connectivity index (χ4v) is 2.82. The number of nitro benzene ring substituents is 1. The van der Waals surface area contributed by atoms with E-state index in [0.29, 0.717) is 22.9 Å². The summed E-state index contributed by atoms with van der Waals surface area (Å²) in [5.41, 5.74) is 0.391. The maximum atomic E-state index is 12.9. The Balaban J connectivity index is 1.98. The first kappa shape index (κ1) is 20.6. The van der Waals surface area contributed by atoms with E-state index in [4.69, 9.17) is 18.9 Å². The van der Waals surface area contributed by atoms with Gasteiger partial charge in [-0.2, -0.15) is 0 Å². The summed E-state index contributed by atoms with van der Waals surface area (Å²) in [7, 11) is 5.68. The molecular formula is C19H18N4O7. The van der Waals surface area contributed by atoms with Crippen LogP contribution in [0.1, 0.15) is 16.1 Å². The first-order valence-corrected chi connectivity index (χ1v) is 8.53. The summed E-state index contributed by atoms with van der Waals surface area (Å²) in [4.78, 5) is 23.6. The van der Waals surface area contributed by atoms with Crippen LogP contribution in [0.3, 0.4) is 0 Å². The molecule has 3 rings (SSSR count). The Morgan fingerprint density at radius 2 is 1.60 bits per heavy atom. The van der Waals surface area contributed by atoms with Crippen LogP contribution in [-0.2, 0) is 0 Å². The van der Waals surface area contributed by atoms with E-state index in [9.17, 15) is 14.9 Å². The summed E-state index contributed by atoms with van der Waals surface area (Å²) in [6.45, 7) is 0. The van der Waals surface area contributed by atoms with Crippen LogP contribution in [0.25, 0.3) is 5.69 Å². The minimum atomic E-state index is -0.568. The SMILES string of the molecule is COc1ccc(-n2cc(C(=O)c3cc(OC)c(OC)c(OC)c3)nn2)cc1[N+](=O)[O-]. The normalized spacial score (nSPS) is 10.4. The van der Waals surface area contributed by atoms with E-state index in [1.165, 1.54) is 63.6 Å². The highest BCUT2D eigenvalue weighted by Gasteiger charge is 2.21. The van der Waals surface area contributed by atoms with Crippen LogP contribution < -0.4 is 18.9 Å². The molecule has 0 aliphatic carbocycles. The van der Waals surface area contributed by atoms with Gasteiger partial charge in [0.05, 0.1) is 45.2 Å². The molecule has 0 atom stereocenters. The highest BCUT2D eigenvalue weighted by molar-refractivity contribution is 6.08. The second kappa shape index (κ2) is 8.47. The first-order valence-electron chi connectivity index (χ1n) is 8.53. The molecule has 0 amide bonds. The molecule has 11 heteroatoms. The van der Waals surface area contributed by atoms with Crippen molar-refractivity contribution in [2.24, 2.45) is 0 Å². The van der Waals surface area contributed by atoms with Gasteiger partial charge in [0.25, 0.3) is 0 Å². The number of nitrogens with zero attached hydrogens (tertiary/aromatic N) is 4. The van der Waals surface area contributed by atoms with E-state index < -0.39 is 10.7 Å². The zero-order valence-electron chi connectivity index (χ0n) is 16.6. The van der Waals surface area contributed by atoms with Crippen molar-refractivity contribution in [2.75, 3.05) is 28.4 Å². The number of rotatable bonds is 8. The van der Waals surface area contributed by atoms with Crippen LogP contribution in [0.4, 0.5) is 5.69 Å². The fraction of sp³-hybridized carbons (Fsp3) is 0.211. The van der Waals surface area contributed by atoms with Crippen LogP contribution in [0, 0.1) is 10.1 Å². The van der Waals surface area contributed by atoms with Gasteiger partial charge in [0.1, 0.15) is 0 Å². The Morgan fingerprint density at radius 1 is 0.967 bits per heavy atom. The Kier molecular flexibility index (Phi) is 5.81. The minimum Gasteiger partial charge on any atom is -0.493 e. The predicted octanol–water partition coefficient (Wildman–Crippen LogP) is 2.44. The van der Waals surface area contributed by atoms with Crippen LogP contribution in [-0.4, -0.2) is 54.1 Å². The van der Waals surface area contributed by atoms with Crippen LogP contribution in [0.15, 0.2) is 36.5 Å². The van der Waals surface area contributed by atoms with Gasteiger partial charge in [-0.3, -0.25) is 14.9 Å². The molecule has 0 N–H and O–H groups in total. The molecule has 0 aliphatic rings. The summed E-state index contributed by atoms with van der Waals surface area (Å²) >= 11 is 0. The maximum Gasteiger partial charge on any atom is 0.313 e. The maximum absolute atomic E-state index is 12.9. The number of carbonyl (C=O) groups excluding carboxylic acids is 1. The molecule has 0 spiro atoms. The van der Waals surface area contributed by atoms with Gasteiger partial charge in [0.2, 0.25) is 11.5 Å². The van der Waals surface area contributed by atoms with Gasteiger partial charge in [0.15, 0.2) is 22.9 Å². The number of ketones is 1. The topological polar surface area (TPSA) is 128 Å². The molecule has 156 valence electrons. The molecule has 3 aromatic rings. The van der Waals surface area contributed by atoms with E-state index in [1.807, 2.05) is 0 Å². The molecule has 1 aromatic heterocycles. The molecule has 0 fully saturated rings. The Morgan fingerprint density at radius 3 is 2.13 bits per heavy atom. The Labute approximate surface area is 170 Å². The van der Waals surface area contributed by atoms with E-state index in [-0.39, 0.29) is 22.7 Å². The van der Waals surface area contributed by atoms with Crippen molar-refractivity contribution in [1.29, 1.82) is 0 Å². The van der Waals surface area contributed by atoms with Crippen LogP contribution >= 0.6 is 0 Å². The number of ether oxygens (including phenoxy) is 4. The Bertz CT molecular complexity index is 1090. The second-order valence-corrected chi connectivity index (χ2v) is 5.90. The molecule has 0 unspecified atom stereocenters. The van der Waals surface area contributed by atoms with E-state index in [1.54, 1.807) is 6.07 Å². The average molecular weight is 414 g/mol. The zero-order valence-corrected chi connectivity index (χ0v) is 16.6. The van der Waals surface area contributed by atoms with Gasteiger partial charge in [-0.05, 0) is 24.3 Å². The van der Waals surface area contributed by atoms with E-state index in [0.717, 1.165) is 0 Å². The lowest BCUT2D eigenvalue weighted by Gasteiger charge is -2.13. The van der Waals surface area contributed by atoms with Crippen molar-refractivity contribution in [3.8, 4) is 28.7 Å².